The Bertz CT molecular complexity index is 373. The molecular weight excluding hydrogens is 210 g/mol. The van der Waals surface area contributed by atoms with Gasteiger partial charge in [-0.15, -0.1) is 0 Å². The van der Waals surface area contributed by atoms with Crippen LogP contribution in [0.15, 0.2) is 4.52 Å². The van der Waals surface area contributed by atoms with E-state index in [0.717, 1.165) is 19.4 Å². The Morgan fingerprint density at radius 3 is 2.88 bits per heavy atom. The van der Waals surface area contributed by atoms with E-state index in [1.54, 1.807) is 6.92 Å². The topological polar surface area (TPSA) is 68.5 Å². The largest absolute Gasteiger partial charge is 0.439 e. The fraction of sp³-hybridized carbons (Fsp3) is 0.700. The van der Waals surface area contributed by atoms with E-state index < -0.39 is 0 Å². The molecule has 1 heterocycles. The van der Waals surface area contributed by atoms with Crippen LogP contribution < -0.4 is 4.74 Å². The summed E-state index contributed by atoms with van der Waals surface area (Å²) in [6, 6.07) is 0.408. The van der Waals surface area contributed by atoms with Gasteiger partial charge in [-0.3, -0.25) is 9.32 Å². The molecule has 1 aromatic rings. The molecule has 16 heavy (non-hydrogen) atoms. The molecule has 2 rings (SSSR count). The summed E-state index contributed by atoms with van der Waals surface area (Å²) in [6.45, 7) is 4.34. The average molecular weight is 225 g/mol. The van der Waals surface area contributed by atoms with Crippen LogP contribution in [0.1, 0.15) is 25.6 Å². The number of likely N-dealkylation sites (N-methyl/N-ethyl adjacent to an activating group) is 1. The lowest BCUT2D eigenvalue weighted by atomic mass is 10.4. The minimum Gasteiger partial charge on any atom is -0.439 e. The molecule has 1 aliphatic carbocycles. The highest BCUT2D eigenvalue weighted by atomic mass is 16.6. The minimum absolute atomic E-state index is 0.0270. The first-order valence-electron chi connectivity index (χ1n) is 5.43. The molecule has 0 saturated heterocycles. The third-order valence-electron chi connectivity index (χ3n) is 2.48. The van der Waals surface area contributed by atoms with Crippen LogP contribution in [0.3, 0.4) is 0 Å². The van der Waals surface area contributed by atoms with Crippen LogP contribution in [0, 0.1) is 6.92 Å². The Morgan fingerprint density at radius 2 is 2.38 bits per heavy atom. The van der Waals surface area contributed by atoms with Gasteiger partial charge in [0.1, 0.15) is 0 Å². The zero-order valence-corrected chi connectivity index (χ0v) is 9.47. The number of aryl methyl sites for hydroxylation is 1. The van der Waals surface area contributed by atoms with Crippen molar-refractivity contribution in [3.05, 3.63) is 5.82 Å². The van der Waals surface area contributed by atoms with Crippen LogP contribution in [-0.2, 0) is 4.79 Å². The fourth-order valence-corrected chi connectivity index (χ4v) is 1.57. The molecular formula is C10H15N3O3. The van der Waals surface area contributed by atoms with Crippen molar-refractivity contribution in [2.24, 2.45) is 0 Å². The number of amides is 1. The summed E-state index contributed by atoms with van der Waals surface area (Å²) in [5.41, 5.74) is 0. The number of rotatable bonds is 5. The highest BCUT2D eigenvalue weighted by Gasteiger charge is 2.31. The van der Waals surface area contributed by atoms with E-state index in [2.05, 4.69) is 10.1 Å². The van der Waals surface area contributed by atoms with Gasteiger partial charge >= 0.3 is 6.08 Å². The molecule has 0 N–H and O–H groups in total. The van der Waals surface area contributed by atoms with Gasteiger partial charge in [0.2, 0.25) is 0 Å². The summed E-state index contributed by atoms with van der Waals surface area (Å²) in [7, 11) is 0. The Labute approximate surface area is 93.6 Å². The van der Waals surface area contributed by atoms with Gasteiger partial charge in [-0.2, -0.15) is 4.98 Å². The third kappa shape index (κ3) is 2.50. The van der Waals surface area contributed by atoms with Crippen molar-refractivity contribution in [3.8, 4) is 6.08 Å². The van der Waals surface area contributed by atoms with E-state index in [0.29, 0.717) is 11.9 Å². The number of aromatic nitrogens is 2. The molecule has 1 amide bonds. The standard InChI is InChI=1S/C10H15N3O3/c1-3-13(8-4-5-8)9(14)6-15-10-11-7(2)12-16-10/h8H,3-6H2,1-2H3. The normalized spacial score (nSPS) is 14.9. The second-order valence-electron chi connectivity index (χ2n) is 3.81. The molecule has 1 aromatic heterocycles. The van der Waals surface area contributed by atoms with Crippen molar-refractivity contribution in [2.45, 2.75) is 32.7 Å². The SMILES string of the molecule is CCN(C(=O)COc1nc(C)no1)C1CC1. The van der Waals surface area contributed by atoms with Gasteiger partial charge in [-0.05, 0) is 26.7 Å². The molecule has 1 aliphatic rings. The zero-order chi connectivity index (χ0) is 11.5. The lowest BCUT2D eigenvalue weighted by Gasteiger charge is -2.19. The molecule has 0 radical (unpaired) electrons. The van der Waals surface area contributed by atoms with Crippen molar-refractivity contribution in [2.75, 3.05) is 13.2 Å². The van der Waals surface area contributed by atoms with Gasteiger partial charge in [0.05, 0.1) is 0 Å². The number of carbonyl (C=O) groups is 1. The molecule has 0 bridgehead atoms. The molecule has 1 fully saturated rings. The van der Waals surface area contributed by atoms with Gasteiger partial charge < -0.3 is 9.64 Å². The number of nitrogens with zero attached hydrogens (tertiary/aromatic N) is 3. The molecule has 6 heteroatoms. The van der Waals surface area contributed by atoms with E-state index in [1.165, 1.54) is 0 Å². The van der Waals surface area contributed by atoms with Crippen molar-refractivity contribution >= 4 is 5.91 Å². The van der Waals surface area contributed by atoms with E-state index in [-0.39, 0.29) is 18.6 Å². The van der Waals surface area contributed by atoms with Crippen LogP contribution in [0.5, 0.6) is 6.08 Å². The maximum absolute atomic E-state index is 11.7. The third-order valence-corrected chi connectivity index (χ3v) is 2.48. The van der Waals surface area contributed by atoms with Crippen LogP contribution in [0.2, 0.25) is 0 Å². The lowest BCUT2D eigenvalue weighted by molar-refractivity contribution is -0.134. The molecule has 0 aromatic carbocycles. The van der Waals surface area contributed by atoms with Gasteiger partial charge in [-0.25, -0.2) is 0 Å². The first kappa shape index (κ1) is 10.9. The molecule has 1 saturated carbocycles. The Kier molecular flexibility index (Phi) is 3.07. The summed E-state index contributed by atoms with van der Waals surface area (Å²) < 4.78 is 9.87. The van der Waals surface area contributed by atoms with Crippen molar-refractivity contribution in [3.63, 3.8) is 0 Å². The minimum atomic E-state index is -0.0357. The van der Waals surface area contributed by atoms with Gasteiger partial charge in [0.25, 0.3) is 5.91 Å². The number of ether oxygens (including phenoxy) is 1. The van der Waals surface area contributed by atoms with Crippen molar-refractivity contribution in [1.82, 2.24) is 15.0 Å². The van der Waals surface area contributed by atoms with Gasteiger partial charge in [-0.1, -0.05) is 5.16 Å². The molecule has 0 spiro atoms. The van der Waals surface area contributed by atoms with Gasteiger partial charge in [0, 0.05) is 12.6 Å². The maximum atomic E-state index is 11.7. The van der Waals surface area contributed by atoms with E-state index in [4.69, 9.17) is 9.26 Å². The van der Waals surface area contributed by atoms with Crippen LogP contribution in [-0.4, -0.2) is 40.1 Å². The van der Waals surface area contributed by atoms with Crippen LogP contribution in [0.4, 0.5) is 0 Å². The fourth-order valence-electron chi connectivity index (χ4n) is 1.57. The first-order valence-corrected chi connectivity index (χ1v) is 5.43. The molecule has 0 aliphatic heterocycles. The van der Waals surface area contributed by atoms with Crippen LogP contribution in [0.25, 0.3) is 0 Å². The quantitative estimate of drug-likeness (QED) is 0.740. The Hall–Kier alpha value is -1.59. The predicted molar refractivity (Wildman–Crippen MR) is 54.9 cm³/mol. The summed E-state index contributed by atoms with van der Waals surface area (Å²) in [5, 5.41) is 3.57. The molecule has 0 atom stereocenters. The maximum Gasteiger partial charge on any atom is 0.417 e. The second-order valence-corrected chi connectivity index (χ2v) is 3.81. The molecule has 6 nitrogen and oxygen atoms in total. The predicted octanol–water partition coefficient (Wildman–Crippen LogP) is 0.768. The smallest absolute Gasteiger partial charge is 0.417 e. The highest BCUT2D eigenvalue weighted by molar-refractivity contribution is 5.78. The first-order chi connectivity index (χ1) is 7.70. The number of hydrogen-bond acceptors (Lipinski definition) is 5. The summed E-state index contributed by atoms with van der Waals surface area (Å²) >= 11 is 0. The van der Waals surface area contributed by atoms with Crippen molar-refractivity contribution < 1.29 is 14.1 Å². The molecule has 0 unspecified atom stereocenters. The summed E-state index contributed by atoms with van der Waals surface area (Å²) in [4.78, 5) is 17.4. The lowest BCUT2D eigenvalue weighted by Crippen LogP contribution is -2.36. The number of hydrogen-bond donors (Lipinski definition) is 0. The Morgan fingerprint density at radius 1 is 1.62 bits per heavy atom. The average Bonchev–Trinajstić information content (AvgIpc) is 3.00. The second kappa shape index (κ2) is 4.51. The van der Waals surface area contributed by atoms with E-state index >= 15 is 0 Å². The highest BCUT2D eigenvalue weighted by Crippen LogP contribution is 2.26. The van der Waals surface area contributed by atoms with Crippen LogP contribution >= 0.6 is 0 Å². The number of carbonyl (C=O) groups excluding carboxylic acids is 1. The van der Waals surface area contributed by atoms with E-state index in [1.807, 2.05) is 11.8 Å². The zero-order valence-electron chi connectivity index (χ0n) is 9.47. The monoisotopic (exact) mass is 225 g/mol. The molecule has 88 valence electrons. The Balaban J connectivity index is 1.82. The van der Waals surface area contributed by atoms with Gasteiger partial charge in [0.15, 0.2) is 12.4 Å². The summed E-state index contributed by atoms with van der Waals surface area (Å²) in [5.74, 6) is 0.470. The van der Waals surface area contributed by atoms with Crippen molar-refractivity contribution in [1.29, 1.82) is 0 Å². The summed E-state index contributed by atoms with van der Waals surface area (Å²) in [6.07, 6.45) is 2.25. The van der Waals surface area contributed by atoms with E-state index in [9.17, 15) is 4.79 Å².